The third-order valence-corrected chi connectivity index (χ3v) is 3.10. The van der Waals surface area contributed by atoms with Gasteiger partial charge in [-0.05, 0) is 55.1 Å². The average molecular weight is 268 g/mol. The van der Waals surface area contributed by atoms with E-state index in [9.17, 15) is 4.39 Å². The van der Waals surface area contributed by atoms with E-state index >= 15 is 0 Å². The number of hydrogen-bond acceptors (Lipinski definition) is 2. The van der Waals surface area contributed by atoms with Crippen LogP contribution in [0.25, 0.3) is 0 Å². The molecule has 0 fully saturated rings. The number of benzene rings is 2. The van der Waals surface area contributed by atoms with Crippen molar-refractivity contribution in [3.63, 3.8) is 0 Å². The third-order valence-electron chi connectivity index (χ3n) is 3.10. The molecular formula is C17H17FN2. The summed E-state index contributed by atoms with van der Waals surface area (Å²) in [6, 6.07) is 12.4. The van der Waals surface area contributed by atoms with Gasteiger partial charge in [0, 0.05) is 23.9 Å². The summed E-state index contributed by atoms with van der Waals surface area (Å²) in [6.45, 7) is 5.69. The number of aliphatic imine (C=N–C) groups is 1. The molecule has 0 spiro atoms. The molecule has 0 unspecified atom stereocenters. The lowest BCUT2D eigenvalue weighted by Gasteiger charge is -2.12. The van der Waals surface area contributed by atoms with Crippen LogP contribution in [0.15, 0.2) is 60.2 Å². The molecule has 0 atom stereocenters. The predicted octanol–water partition coefficient (Wildman–Crippen LogP) is 4.16. The normalized spacial score (nSPS) is 11.2. The molecule has 2 aromatic carbocycles. The van der Waals surface area contributed by atoms with Crippen molar-refractivity contribution in [1.29, 1.82) is 0 Å². The second kappa shape index (κ2) is 6.15. The standard InChI is InChI=1S/C17H17FN2/c1-4-20-15-10-5-12(2)16(11-15)17(19-3)13-6-8-14(18)9-7-13/h4-11,20H,1H2,2-3H3. The minimum atomic E-state index is -0.247. The van der Waals surface area contributed by atoms with E-state index < -0.39 is 0 Å². The van der Waals surface area contributed by atoms with Crippen LogP contribution in [0.1, 0.15) is 16.7 Å². The Hall–Kier alpha value is -2.42. The summed E-state index contributed by atoms with van der Waals surface area (Å²) in [4.78, 5) is 4.36. The number of nitrogens with one attached hydrogen (secondary N) is 1. The Labute approximate surface area is 118 Å². The molecule has 2 rings (SSSR count). The molecule has 2 nitrogen and oxygen atoms in total. The van der Waals surface area contributed by atoms with Crippen LogP contribution in [-0.4, -0.2) is 12.8 Å². The summed E-state index contributed by atoms with van der Waals surface area (Å²) in [5.74, 6) is -0.247. The quantitative estimate of drug-likeness (QED) is 0.827. The van der Waals surface area contributed by atoms with Crippen molar-refractivity contribution in [3.05, 3.63) is 77.8 Å². The van der Waals surface area contributed by atoms with Gasteiger partial charge in [-0.15, -0.1) is 0 Å². The zero-order valence-corrected chi connectivity index (χ0v) is 11.7. The number of nitrogens with zero attached hydrogens (tertiary/aromatic N) is 1. The van der Waals surface area contributed by atoms with Crippen molar-refractivity contribution >= 4 is 11.4 Å². The number of anilines is 1. The van der Waals surface area contributed by atoms with Crippen LogP contribution in [0.5, 0.6) is 0 Å². The summed E-state index contributed by atoms with van der Waals surface area (Å²) in [5.41, 5.74) is 4.82. The molecule has 2 aromatic rings. The van der Waals surface area contributed by atoms with Gasteiger partial charge in [0.15, 0.2) is 0 Å². The van der Waals surface area contributed by atoms with Crippen LogP contribution in [0, 0.1) is 12.7 Å². The average Bonchev–Trinajstić information content (AvgIpc) is 2.45. The number of rotatable bonds is 4. The van der Waals surface area contributed by atoms with Gasteiger partial charge in [-0.1, -0.05) is 12.6 Å². The van der Waals surface area contributed by atoms with Crippen LogP contribution in [0.4, 0.5) is 10.1 Å². The van der Waals surface area contributed by atoms with Crippen LogP contribution >= 0.6 is 0 Å². The molecule has 0 aliphatic carbocycles. The molecule has 20 heavy (non-hydrogen) atoms. The van der Waals surface area contributed by atoms with Crippen LogP contribution in [-0.2, 0) is 0 Å². The molecule has 102 valence electrons. The molecule has 0 saturated heterocycles. The Bertz CT molecular complexity index is 643. The molecule has 0 heterocycles. The summed E-state index contributed by atoms with van der Waals surface area (Å²) in [7, 11) is 1.74. The predicted molar refractivity (Wildman–Crippen MR) is 83.0 cm³/mol. The summed E-state index contributed by atoms with van der Waals surface area (Å²) < 4.78 is 13.0. The minimum absolute atomic E-state index is 0.247. The van der Waals surface area contributed by atoms with E-state index in [1.165, 1.54) is 12.1 Å². The van der Waals surface area contributed by atoms with Gasteiger partial charge in [-0.25, -0.2) is 4.39 Å². The lowest BCUT2D eigenvalue weighted by Crippen LogP contribution is -2.06. The lowest BCUT2D eigenvalue weighted by molar-refractivity contribution is 0.628. The van der Waals surface area contributed by atoms with Gasteiger partial charge in [0.05, 0.1) is 5.71 Å². The number of halogens is 1. The lowest BCUT2D eigenvalue weighted by atomic mass is 9.97. The SMILES string of the molecule is C=CNc1ccc(C)c(C(=NC)c2ccc(F)cc2)c1. The molecule has 3 heteroatoms. The van der Waals surface area contributed by atoms with E-state index in [0.29, 0.717) is 0 Å². The fraction of sp³-hybridized carbons (Fsp3) is 0.118. The highest BCUT2D eigenvalue weighted by Gasteiger charge is 2.10. The highest BCUT2D eigenvalue weighted by Crippen LogP contribution is 2.20. The molecule has 0 amide bonds. The van der Waals surface area contributed by atoms with Gasteiger partial charge in [-0.2, -0.15) is 0 Å². The van der Waals surface area contributed by atoms with E-state index in [0.717, 1.165) is 28.1 Å². The van der Waals surface area contributed by atoms with Crippen LogP contribution in [0.3, 0.4) is 0 Å². The molecule has 0 bridgehead atoms. The van der Waals surface area contributed by atoms with Crippen molar-refractivity contribution < 1.29 is 4.39 Å². The smallest absolute Gasteiger partial charge is 0.123 e. The first kappa shape index (κ1) is 14.0. The zero-order valence-electron chi connectivity index (χ0n) is 11.7. The van der Waals surface area contributed by atoms with Crippen molar-refractivity contribution in [2.75, 3.05) is 12.4 Å². The first-order chi connectivity index (χ1) is 9.65. The third kappa shape index (κ3) is 2.94. The molecule has 0 aliphatic rings. The first-order valence-corrected chi connectivity index (χ1v) is 6.37. The molecule has 0 saturated carbocycles. The Morgan fingerprint density at radius 1 is 1.20 bits per heavy atom. The number of hydrogen-bond donors (Lipinski definition) is 1. The maximum atomic E-state index is 13.0. The van der Waals surface area contributed by atoms with Gasteiger partial charge in [-0.3, -0.25) is 4.99 Å². The molecule has 0 aromatic heterocycles. The second-order valence-corrected chi connectivity index (χ2v) is 4.46. The number of aryl methyl sites for hydroxylation is 1. The largest absolute Gasteiger partial charge is 0.362 e. The Kier molecular flexibility index (Phi) is 4.31. The topological polar surface area (TPSA) is 24.4 Å². The molecule has 0 radical (unpaired) electrons. The molecular weight excluding hydrogens is 251 g/mol. The fourth-order valence-corrected chi connectivity index (χ4v) is 2.10. The van der Waals surface area contributed by atoms with Gasteiger partial charge >= 0.3 is 0 Å². The van der Waals surface area contributed by atoms with Crippen molar-refractivity contribution in [2.24, 2.45) is 4.99 Å². The van der Waals surface area contributed by atoms with E-state index in [1.807, 2.05) is 25.1 Å². The molecule has 0 aliphatic heterocycles. The van der Waals surface area contributed by atoms with Crippen LogP contribution < -0.4 is 5.32 Å². The Balaban J connectivity index is 2.49. The van der Waals surface area contributed by atoms with Gasteiger partial charge in [0.2, 0.25) is 0 Å². The minimum Gasteiger partial charge on any atom is -0.362 e. The van der Waals surface area contributed by atoms with E-state index in [1.54, 1.807) is 25.4 Å². The van der Waals surface area contributed by atoms with E-state index in [4.69, 9.17) is 0 Å². The summed E-state index contributed by atoms with van der Waals surface area (Å²) in [5, 5.41) is 3.06. The zero-order chi connectivity index (χ0) is 14.5. The Morgan fingerprint density at radius 3 is 2.50 bits per heavy atom. The Morgan fingerprint density at radius 2 is 1.90 bits per heavy atom. The monoisotopic (exact) mass is 268 g/mol. The maximum absolute atomic E-state index is 13.0. The second-order valence-electron chi connectivity index (χ2n) is 4.46. The van der Waals surface area contributed by atoms with Crippen molar-refractivity contribution in [1.82, 2.24) is 0 Å². The highest BCUT2D eigenvalue weighted by atomic mass is 19.1. The fourth-order valence-electron chi connectivity index (χ4n) is 2.10. The van der Waals surface area contributed by atoms with E-state index in [-0.39, 0.29) is 5.82 Å². The van der Waals surface area contributed by atoms with Gasteiger partial charge < -0.3 is 5.32 Å². The van der Waals surface area contributed by atoms with E-state index in [2.05, 4.69) is 16.9 Å². The summed E-state index contributed by atoms with van der Waals surface area (Å²) >= 11 is 0. The van der Waals surface area contributed by atoms with Gasteiger partial charge in [0.25, 0.3) is 0 Å². The van der Waals surface area contributed by atoms with Crippen molar-refractivity contribution in [3.8, 4) is 0 Å². The van der Waals surface area contributed by atoms with Crippen LogP contribution in [0.2, 0.25) is 0 Å². The summed E-state index contributed by atoms with van der Waals surface area (Å²) in [6.07, 6.45) is 1.63. The van der Waals surface area contributed by atoms with Gasteiger partial charge in [0.1, 0.15) is 5.82 Å². The maximum Gasteiger partial charge on any atom is 0.123 e. The highest BCUT2D eigenvalue weighted by molar-refractivity contribution is 6.14. The molecule has 1 N–H and O–H groups in total. The first-order valence-electron chi connectivity index (χ1n) is 6.37. The van der Waals surface area contributed by atoms with Crippen molar-refractivity contribution in [2.45, 2.75) is 6.92 Å².